The predicted molar refractivity (Wildman–Crippen MR) is 80.7 cm³/mol. The van der Waals surface area contributed by atoms with Gasteiger partial charge in [-0.25, -0.2) is 4.98 Å². The molecule has 1 aliphatic rings. The lowest BCUT2D eigenvalue weighted by atomic mass is 10.1. The maximum absolute atomic E-state index is 6.06. The van der Waals surface area contributed by atoms with Crippen LogP contribution in [0.1, 0.15) is 28.5 Å². The van der Waals surface area contributed by atoms with Crippen molar-refractivity contribution in [2.75, 3.05) is 5.32 Å². The maximum Gasteiger partial charge on any atom is 0.109 e. The number of rotatable bonds is 2. The second kappa shape index (κ2) is 4.83. The Bertz CT molecular complexity index is 597. The van der Waals surface area contributed by atoms with E-state index in [1.807, 2.05) is 13.1 Å². The molecular weight excluding hydrogens is 332 g/mol. The minimum Gasteiger partial charge on any atom is -0.377 e. The van der Waals surface area contributed by atoms with Gasteiger partial charge in [0, 0.05) is 4.88 Å². The van der Waals surface area contributed by atoms with E-state index in [-0.39, 0.29) is 0 Å². The Morgan fingerprint density at radius 3 is 3.11 bits per heavy atom. The molecule has 2 aromatic heterocycles. The number of anilines is 1. The predicted octanol–water partition coefficient (Wildman–Crippen LogP) is 4.97. The second-order valence-corrected chi connectivity index (χ2v) is 7.02. The largest absolute Gasteiger partial charge is 0.377 e. The summed E-state index contributed by atoms with van der Waals surface area (Å²) in [5.41, 5.74) is 3.56. The van der Waals surface area contributed by atoms with E-state index < -0.39 is 0 Å². The average molecular weight is 344 g/mol. The van der Waals surface area contributed by atoms with Crippen LogP contribution in [-0.4, -0.2) is 4.98 Å². The Balaban J connectivity index is 1.83. The molecule has 0 bridgehead atoms. The molecule has 94 valence electrons. The maximum atomic E-state index is 6.06. The summed E-state index contributed by atoms with van der Waals surface area (Å²) in [4.78, 5) is 5.73. The van der Waals surface area contributed by atoms with E-state index in [1.54, 1.807) is 11.3 Å². The van der Waals surface area contributed by atoms with E-state index >= 15 is 0 Å². The van der Waals surface area contributed by atoms with E-state index in [0.717, 1.165) is 33.0 Å². The molecule has 0 fully saturated rings. The SMILES string of the molecule is Cc1cc(NC2CCc3sc(Cl)cc32)cnc1Br. The number of nitrogens with zero attached hydrogens (tertiary/aromatic N) is 1. The van der Waals surface area contributed by atoms with Crippen molar-refractivity contribution in [3.63, 3.8) is 0 Å². The molecular formula is C13H12BrClN2S. The molecule has 0 spiro atoms. The lowest BCUT2D eigenvalue weighted by Gasteiger charge is -2.14. The highest BCUT2D eigenvalue weighted by molar-refractivity contribution is 9.10. The number of aryl methyl sites for hydroxylation is 2. The molecule has 0 saturated carbocycles. The van der Waals surface area contributed by atoms with E-state index in [2.05, 4.69) is 38.4 Å². The van der Waals surface area contributed by atoms with Gasteiger partial charge in [0.25, 0.3) is 0 Å². The van der Waals surface area contributed by atoms with Crippen LogP contribution in [0.25, 0.3) is 0 Å². The van der Waals surface area contributed by atoms with E-state index in [1.165, 1.54) is 10.4 Å². The molecule has 0 aliphatic heterocycles. The van der Waals surface area contributed by atoms with Gasteiger partial charge < -0.3 is 5.32 Å². The number of pyridine rings is 1. The first-order valence-corrected chi connectivity index (χ1v) is 7.79. The van der Waals surface area contributed by atoms with Gasteiger partial charge in [0.2, 0.25) is 0 Å². The number of aromatic nitrogens is 1. The lowest BCUT2D eigenvalue weighted by molar-refractivity contribution is 0.761. The van der Waals surface area contributed by atoms with Crippen molar-refractivity contribution in [2.45, 2.75) is 25.8 Å². The monoisotopic (exact) mass is 342 g/mol. The molecule has 1 N–H and O–H groups in total. The van der Waals surface area contributed by atoms with Crippen molar-refractivity contribution in [1.29, 1.82) is 0 Å². The molecule has 0 radical (unpaired) electrons. The lowest BCUT2D eigenvalue weighted by Crippen LogP contribution is -2.07. The quantitative estimate of drug-likeness (QED) is 0.779. The number of hydrogen-bond acceptors (Lipinski definition) is 3. The van der Waals surface area contributed by atoms with Crippen molar-refractivity contribution in [3.05, 3.63) is 43.3 Å². The van der Waals surface area contributed by atoms with Crippen LogP contribution >= 0.6 is 38.9 Å². The highest BCUT2D eigenvalue weighted by Crippen LogP contribution is 2.40. The third-order valence-corrected chi connectivity index (χ3v) is 5.37. The molecule has 5 heteroatoms. The van der Waals surface area contributed by atoms with Gasteiger partial charge in [0.05, 0.1) is 22.3 Å². The Labute approximate surface area is 124 Å². The van der Waals surface area contributed by atoms with Crippen LogP contribution < -0.4 is 5.32 Å². The molecule has 0 aromatic carbocycles. The van der Waals surface area contributed by atoms with Crippen molar-refractivity contribution in [3.8, 4) is 0 Å². The third kappa shape index (κ3) is 2.29. The van der Waals surface area contributed by atoms with Crippen LogP contribution in [0.15, 0.2) is 22.9 Å². The van der Waals surface area contributed by atoms with Gasteiger partial charge in [0.15, 0.2) is 0 Å². The number of nitrogens with one attached hydrogen (secondary N) is 1. The summed E-state index contributed by atoms with van der Waals surface area (Å²) in [7, 11) is 0. The molecule has 2 nitrogen and oxygen atoms in total. The zero-order valence-electron chi connectivity index (χ0n) is 9.84. The van der Waals surface area contributed by atoms with Crippen LogP contribution in [0, 0.1) is 6.92 Å². The zero-order chi connectivity index (χ0) is 12.7. The topological polar surface area (TPSA) is 24.9 Å². The Hall–Kier alpha value is -0.580. The Morgan fingerprint density at radius 2 is 2.33 bits per heavy atom. The summed E-state index contributed by atoms with van der Waals surface area (Å²) in [6.07, 6.45) is 4.11. The van der Waals surface area contributed by atoms with Crippen LogP contribution in [0.5, 0.6) is 0 Å². The van der Waals surface area contributed by atoms with Crippen molar-refractivity contribution in [1.82, 2.24) is 4.98 Å². The fraction of sp³-hybridized carbons (Fsp3) is 0.308. The van der Waals surface area contributed by atoms with Crippen molar-refractivity contribution >= 4 is 44.6 Å². The van der Waals surface area contributed by atoms with Crippen molar-refractivity contribution in [2.24, 2.45) is 0 Å². The van der Waals surface area contributed by atoms with Crippen molar-refractivity contribution < 1.29 is 0 Å². The first kappa shape index (κ1) is 12.5. The van der Waals surface area contributed by atoms with Gasteiger partial charge in [0.1, 0.15) is 4.60 Å². The molecule has 1 atom stereocenters. The Kier molecular flexibility index (Phi) is 3.34. The molecule has 1 unspecified atom stereocenters. The fourth-order valence-corrected chi connectivity index (χ4v) is 3.89. The number of halogens is 2. The second-order valence-electron chi connectivity index (χ2n) is 4.50. The van der Waals surface area contributed by atoms with Gasteiger partial charge in [-0.2, -0.15) is 0 Å². The highest BCUT2D eigenvalue weighted by Gasteiger charge is 2.25. The average Bonchev–Trinajstić information content (AvgIpc) is 2.85. The van der Waals surface area contributed by atoms with Crippen LogP contribution in [-0.2, 0) is 6.42 Å². The normalized spacial score (nSPS) is 17.8. The van der Waals surface area contributed by atoms with Crippen LogP contribution in [0.2, 0.25) is 4.34 Å². The molecule has 1 aliphatic carbocycles. The highest BCUT2D eigenvalue weighted by atomic mass is 79.9. The standard InChI is InChI=1S/C13H12BrClN2S/c1-7-4-8(6-16-13(7)14)17-10-2-3-11-9(10)5-12(15)18-11/h4-6,10,17H,2-3H2,1H3. The molecule has 2 heterocycles. The van der Waals surface area contributed by atoms with Crippen LogP contribution in [0.4, 0.5) is 5.69 Å². The first-order valence-electron chi connectivity index (χ1n) is 5.80. The van der Waals surface area contributed by atoms with Gasteiger partial charge in [-0.3, -0.25) is 0 Å². The van der Waals surface area contributed by atoms with Gasteiger partial charge in [-0.1, -0.05) is 11.6 Å². The van der Waals surface area contributed by atoms with E-state index in [4.69, 9.17) is 11.6 Å². The molecule has 2 aromatic rings. The Morgan fingerprint density at radius 1 is 1.50 bits per heavy atom. The summed E-state index contributed by atoms with van der Waals surface area (Å²) in [6.45, 7) is 2.05. The van der Waals surface area contributed by atoms with Crippen LogP contribution in [0.3, 0.4) is 0 Å². The number of thiophene rings is 1. The summed E-state index contributed by atoms with van der Waals surface area (Å²) in [6, 6.07) is 4.57. The summed E-state index contributed by atoms with van der Waals surface area (Å²) in [5.74, 6) is 0. The molecule has 0 amide bonds. The van der Waals surface area contributed by atoms with E-state index in [0.29, 0.717) is 6.04 Å². The smallest absolute Gasteiger partial charge is 0.109 e. The van der Waals surface area contributed by atoms with Gasteiger partial charge >= 0.3 is 0 Å². The van der Waals surface area contributed by atoms with Gasteiger partial charge in [-0.15, -0.1) is 11.3 Å². The zero-order valence-corrected chi connectivity index (χ0v) is 13.0. The minimum atomic E-state index is 0.367. The number of hydrogen-bond donors (Lipinski definition) is 1. The summed E-state index contributed by atoms with van der Waals surface area (Å²) >= 11 is 11.2. The van der Waals surface area contributed by atoms with Gasteiger partial charge in [-0.05, 0) is 59.0 Å². The van der Waals surface area contributed by atoms with E-state index in [9.17, 15) is 0 Å². The molecule has 3 rings (SSSR count). The number of fused-ring (bicyclic) bond motifs is 1. The summed E-state index contributed by atoms with van der Waals surface area (Å²) < 4.78 is 1.79. The fourth-order valence-electron chi connectivity index (χ4n) is 2.32. The third-order valence-electron chi connectivity index (χ3n) is 3.20. The summed E-state index contributed by atoms with van der Waals surface area (Å²) in [5, 5.41) is 3.54. The molecule has 18 heavy (non-hydrogen) atoms. The minimum absolute atomic E-state index is 0.367. The first-order chi connectivity index (χ1) is 8.63. The molecule has 0 saturated heterocycles.